The fraction of sp³-hybridized carbons (Fsp3) is 0.375. The Morgan fingerprint density at radius 1 is 1.33 bits per heavy atom. The van der Waals surface area contributed by atoms with E-state index in [2.05, 4.69) is 29.9 Å². The molecule has 0 aliphatic carbocycles. The van der Waals surface area contributed by atoms with Crippen molar-refractivity contribution in [3.63, 3.8) is 0 Å². The van der Waals surface area contributed by atoms with Crippen LogP contribution in [0.4, 0.5) is 0 Å². The van der Waals surface area contributed by atoms with E-state index in [4.69, 9.17) is 21.1 Å². The highest BCUT2D eigenvalue weighted by atomic mass is 35.5. The van der Waals surface area contributed by atoms with Crippen LogP contribution >= 0.6 is 11.6 Å². The summed E-state index contributed by atoms with van der Waals surface area (Å²) in [4.78, 5) is 8.47. The second-order valence-electron chi connectivity index (χ2n) is 5.82. The lowest BCUT2D eigenvalue weighted by Gasteiger charge is -2.18. The average Bonchev–Trinajstić information content (AvgIpc) is 2.69. The van der Waals surface area contributed by atoms with Crippen LogP contribution in [0.15, 0.2) is 24.3 Å². The van der Waals surface area contributed by atoms with Crippen LogP contribution in [0, 0.1) is 6.92 Å². The maximum absolute atomic E-state index is 5.97. The van der Waals surface area contributed by atoms with Gasteiger partial charge in [-0.2, -0.15) is 0 Å². The fourth-order valence-corrected chi connectivity index (χ4v) is 2.75. The van der Waals surface area contributed by atoms with Gasteiger partial charge in [0.25, 0.3) is 0 Å². The highest BCUT2D eigenvalue weighted by Crippen LogP contribution is 2.41. The van der Waals surface area contributed by atoms with Crippen molar-refractivity contribution >= 4 is 11.6 Å². The van der Waals surface area contributed by atoms with Crippen LogP contribution in [0.2, 0.25) is 5.15 Å². The molecule has 0 spiro atoms. The Labute approximate surface area is 129 Å². The number of aromatic nitrogens is 2. The van der Waals surface area contributed by atoms with Gasteiger partial charge in [-0.1, -0.05) is 23.7 Å². The second-order valence-corrected chi connectivity index (χ2v) is 6.21. The van der Waals surface area contributed by atoms with Gasteiger partial charge in [0.2, 0.25) is 0 Å². The largest absolute Gasteiger partial charge is 0.483 e. The van der Waals surface area contributed by atoms with Gasteiger partial charge in [-0.25, -0.2) is 9.97 Å². The van der Waals surface area contributed by atoms with Crippen LogP contribution in [0.25, 0.3) is 0 Å². The van der Waals surface area contributed by atoms with Gasteiger partial charge >= 0.3 is 0 Å². The Kier molecular flexibility index (Phi) is 3.49. The number of nitrogens with zero attached hydrogens (tertiary/aromatic N) is 2. The van der Waals surface area contributed by atoms with E-state index in [1.165, 1.54) is 5.56 Å². The molecule has 0 bridgehead atoms. The number of hydrogen-bond donors (Lipinski definition) is 0. The minimum absolute atomic E-state index is 0.190. The van der Waals surface area contributed by atoms with Gasteiger partial charge in [0.15, 0.2) is 17.3 Å². The summed E-state index contributed by atoms with van der Waals surface area (Å²) in [5.41, 5.74) is 1.80. The summed E-state index contributed by atoms with van der Waals surface area (Å²) in [7, 11) is 0. The molecule has 0 radical (unpaired) electrons. The molecule has 2 heterocycles. The topological polar surface area (TPSA) is 44.2 Å². The lowest BCUT2D eigenvalue weighted by atomic mass is 10.0. The van der Waals surface area contributed by atoms with E-state index in [9.17, 15) is 0 Å². The summed E-state index contributed by atoms with van der Waals surface area (Å²) in [6, 6.07) is 7.66. The fourth-order valence-electron chi connectivity index (χ4n) is 2.50. The van der Waals surface area contributed by atoms with Gasteiger partial charge in [0.1, 0.15) is 17.4 Å². The lowest BCUT2D eigenvalue weighted by Crippen LogP contribution is -2.24. The summed E-state index contributed by atoms with van der Waals surface area (Å²) in [6.45, 7) is 6.28. The summed E-state index contributed by atoms with van der Waals surface area (Å²) in [5, 5.41) is 0.428. The highest BCUT2D eigenvalue weighted by Gasteiger charge is 2.32. The van der Waals surface area contributed by atoms with Crippen LogP contribution < -0.4 is 9.47 Å². The Bertz CT molecular complexity index is 666. The quantitative estimate of drug-likeness (QED) is 0.810. The number of hydrogen-bond acceptors (Lipinski definition) is 4. The molecule has 1 aliphatic heterocycles. The molecule has 2 aromatic rings. The zero-order valence-corrected chi connectivity index (χ0v) is 13.1. The number of aryl methyl sites for hydroxylation is 1. The first-order chi connectivity index (χ1) is 9.93. The lowest BCUT2D eigenvalue weighted by molar-refractivity contribution is 0.131. The van der Waals surface area contributed by atoms with Crippen molar-refractivity contribution < 1.29 is 9.47 Å². The summed E-state index contributed by atoms with van der Waals surface area (Å²) in [6.07, 6.45) is 0.881. The molecule has 0 amide bonds. The van der Waals surface area contributed by atoms with Crippen molar-refractivity contribution in [2.24, 2.45) is 0 Å². The standard InChI is InChI=1S/C16H17ClN2O2/c1-10-7-13(17)19-14(18-10)9-20-12-6-4-5-11-8-16(2,3)21-15(11)12/h4-7H,8-9H2,1-3H3. The van der Waals surface area contributed by atoms with Crippen molar-refractivity contribution in [3.8, 4) is 11.5 Å². The number of rotatable bonds is 3. The van der Waals surface area contributed by atoms with Crippen LogP contribution in [0.1, 0.15) is 30.9 Å². The SMILES string of the molecule is Cc1cc(Cl)nc(COc2cccc3c2OC(C)(C)C3)n1. The Morgan fingerprint density at radius 3 is 2.90 bits per heavy atom. The van der Waals surface area contributed by atoms with Gasteiger partial charge in [-0.05, 0) is 32.9 Å². The Hall–Kier alpha value is -1.81. The molecular formula is C16H17ClN2O2. The zero-order chi connectivity index (χ0) is 15.0. The van der Waals surface area contributed by atoms with E-state index in [0.29, 0.717) is 11.0 Å². The van der Waals surface area contributed by atoms with Crippen molar-refractivity contribution in [1.29, 1.82) is 0 Å². The number of halogens is 1. The summed E-state index contributed by atoms with van der Waals surface area (Å²) >= 11 is 5.93. The molecule has 1 aromatic carbocycles. The molecular weight excluding hydrogens is 288 g/mol. The minimum atomic E-state index is -0.190. The first-order valence-electron chi connectivity index (χ1n) is 6.87. The maximum atomic E-state index is 5.97. The monoisotopic (exact) mass is 304 g/mol. The second kappa shape index (κ2) is 5.19. The number of benzene rings is 1. The van der Waals surface area contributed by atoms with Gasteiger partial charge in [0.05, 0.1) is 0 Å². The number of ether oxygens (including phenoxy) is 2. The smallest absolute Gasteiger partial charge is 0.167 e. The van der Waals surface area contributed by atoms with E-state index in [-0.39, 0.29) is 12.2 Å². The van der Waals surface area contributed by atoms with Crippen LogP contribution in [-0.4, -0.2) is 15.6 Å². The van der Waals surface area contributed by atoms with Gasteiger partial charge in [0, 0.05) is 17.7 Å². The number of fused-ring (bicyclic) bond motifs is 1. The average molecular weight is 305 g/mol. The first-order valence-corrected chi connectivity index (χ1v) is 7.24. The van der Waals surface area contributed by atoms with E-state index in [1.807, 2.05) is 19.1 Å². The highest BCUT2D eigenvalue weighted by molar-refractivity contribution is 6.29. The van der Waals surface area contributed by atoms with Gasteiger partial charge in [-0.15, -0.1) is 0 Å². The van der Waals surface area contributed by atoms with E-state index < -0.39 is 0 Å². The van der Waals surface area contributed by atoms with E-state index in [1.54, 1.807) is 6.07 Å². The van der Waals surface area contributed by atoms with Crippen molar-refractivity contribution in [2.45, 2.75) is 39.4 Å². The molecule has 0 N–H and O–H groups in total. The van der Waals surface area contributed by atoms with Gasteiger partial charge in [-0.3, -0.25) is 0 Å². The molecule has 4 nitrogen and oxygen atoms in total. The molecule has 0 unspecified atom stereocenters. The van der Waals surface area contributed by atoms with Crippen molar-refractivity contribution in [2.75, 3.05) is 0 Å². The van der Waals surface area contributed by atoms with Crippen molar-refractivity contribution in [1.82, 2.24) is 9.97 Å². The third-order valence-electron chi connectivity index (χ3n) is 3.28. The Morgan fingerprint density at radius 2 is 2.14 bits per heavy atom. The maximum Gasteiger partial charge on any atom is 0.167 e. The molecule has 0 fully saturated rings. The third-order valence-corrected chi connectivity index (χ3v) is 3.47. The molecule has 0 atom stereocenters. The van der Waals surface area contributed by atoms with Crippen molar-refractivity contribution in [3.05, 3.63) is 46.5 Å². The Balaban J connectivity index is 1.79. The van der Waals surface area contributed by atoms with Gasteiger partial charge < -0.3 is 9.47 Å². The predicted molar refractivity (Wildman–Crippen MR) is 81.0 cm³/mol. The number of para-hydroxylation sites is 1. The molecule has 0 saturated carbocycles. The third kappa shape index (κ3) is 3.10. The molecule has 5 heteroatoms. The minimum Gasteiger partial charge on any atom is -0.483 e. The molecule has 1 aliphatic rings. The normalized spacial score (nSPS) is 15.4. The van der Waals surface area contributed by atoms with E-state index >= 15 is 0 Å². The summed E-state index contributed by atoms with van der Waals surface area (Å²) in [5.74, 6) is 2.11. The molecule has 1 aromatic heterocycles. The first kappa shape index (κ1) is 14.1. The van der Waals surface area contributed by atoms with Crippen LogP contribution in [-0.2, 0) is 13.0 Å². The van der Waals surface area contributed by atoms with Crippen LogP contribution in [0.5, 0.6) is 11.5 Å². The summed E-state index contributed by atoms with van der Waals surface area (Å²) < 4.78 is 11.8. The zero-order valence-electron chi connectivity index (χ0n) is 12.3. The van der Waals surface area contributed by atoms with E-state index in [0.717, 1.165) is 23.6 Å². The molecule has 21 heavy (non-hydrogen) atoms. The molecule has 0 saturated heterocycles. The molecule has 3 rings (SSSR count). The predicted octanol–water partition coefficient (Wildman–Crippen LogP) is 3.73. The molecule has 110 valence electrons. The van der Waals surface area contributed by atoms with Crippen LogP contribution in [0.3, 0.4) is 0 Å².